The molecule has 0 radical (unpaired) electrons. The maximum absolute atomic E-state index is 6.06. The lowest BCUT2D eigenvalue weighted by Crippen LogP contribution is -2.36. The van der Waals surface area contributed by atoms with Crippen LogP contribution in [0.2, 0.25) is 5.02 Å². The Kier molecular flexibility index (Phi) is 4.96. The van der Waals surface area contributed by atoms with E-state index in [2.05, 4.69) is 25.9 Å². The van der Waals surface area contributed by atoms with Crippen LogP contribution in [0, 0.1) is 19.8 Å². The molecular weight excluding hydrogens is 312 g/mol. The first-order valence-electron chi connectivity index (χ1n) is 7.91. The fourth-order valence-electron chi connectivity index (χ4n) is 2.88. The molecule has 122 valence electrons. The Bertz CT molecular complexity index is 651. The van der Waals surface area contributed by atoms with Crippen LogP contribution in [0.4, 0.5) is 5.82 Å². The lowest BCUT2D eigenvalue weighted by molar-refractivity contribution is 0.222. The fourth-order valence-corrected chi connectivity index (χ4v) is 3.05. The second-order valence-electron chi connectivity index (χ2n) is 5.96. The highest BCUT2D eigenvalue weighted by molar-refractivity contribution is 6.31. The van der Waals surface area contributed by atoms with Crippen molar-refractivity contribution in [3.8, 4) is 5.75 Å². The fraction of sp³-hybridized carbons (Fsp3) is 0.471. The van der Waals surface area contributed by atoms with Gasteiger partial charge in [-0.2, -0.15) is 0 Å². The van der Waals surface area contributed by atoms with Gasteiger partial charge in [0, 0.05) is 43.3 Å². The third-order valence-electron chi connectivity index (χ3n) is 4.10. The van der Waals surface area contributed by atoms with Crippen molar-refractivity contribution in [2.24, 2.45) is 5.92 Å². The minimum atomic E-state index is 0.541. The van der Waals surface area contributed by atoms with Gasteiger partial charge < -0.3 is 9.64 Å². The first-order valence-corrected chi connectivity index (χ1v) is 8.29. The molecule has 1 aliphatic rings. The molecule has 0 bridgehead atoms. The third-order valence-corrected chi connectivity index (χ3v) is 4.38. The van der Waals surface area contributed by atoms with Crippen LogP contribution in [0.15, 0.2) is 24.5 Å². The highest BCUT2D eigenvalue weighted by Crippen LogP contribution is 2.26. The van der Waals surface area contributed by atoms with Gasteiger partial charge in [-0.05, 0) is 32.6 Å². The monoisotopic (exact) mass is 332 g/mol. The van der Waals surface area contributed by atoms with E-state index in [1.54, 1.807) is 12.4 Å². The summed E-state index contributed by atoms with van der Waals surface area (Å²) < 4.78 is 5.84. The largest absolute Gasteiger partial charge is 0.492 e. The molecule has 3 rings (SSSR count). The van der Waals surface area contributed by atoms with Gasteiger partial charge >= 0.3 is 0 Å². The molecule has 0 spiro atoms. The zero-order valence-corrected chi connectivity index (χ0v) is 14.3. The smallest absolute Gasteiger partial charge is 0.141 e. The quantitative estimate of drug-likeness (QED) is 0.858. The molecule has 3 heterocycles. The molecule has 0 aliphatic carbocycles. The second kappa shape index (κ2) is 7.13. The number of piperidine rings is 1. The maximum Gasteiger partial charge on any atom is 0.141 e. The number of aryl methyl sites for hydroxylation is 2. The normalized spacial score (nSPS) is 15.7. The first-order chi connectivity index (χ1) is 11.1. The summed E-state index contributed by atoms with van der Waals surface area (Å²) in [5, 5.41) is 0.567. The summed E-state index contributed by atoms with van der Waals surface area (Å²) in [6, 6.07) is 3.87. The van der Waals surface area contributed by atoms with Gasteiger partial charge in [-0.1, -0.05) is 11.6 Å². The Morgan fingerprint density at radius 2 is 2.04 bits per heavy atom. The van der Waals surface area contributed by atoms with Crippen LogP contribution in [-0.2, 0) is 0 Å². The van der Waals surface area contributed by atoms with Crippen molar-refractivity contribution in [2.45, 2.75) is 26.7 Å². The molecular formula is C17H21ClN4O. The number of anilines is 1. The zero-order chi connectivity index (χ0) is 16.2. The van der Waals surface area contributed by atoms with Crippen molar-refractivity contribution in [2.75, 3.05) is 24.6 Å². The highest BCUT2D eigenvalue weighted by Gasteiger charge is 2.21. The predicted octanol–water partition coefficient (Wildman–Crippen LogP) is 3.44. The maximum atomic E-state index is 6.06. The van der Waals surface area contributed by atoms with Crippen LogP contribution in [0.5, 0.6) is 5.75 Å². The SMILES string of the molecule is Cc1cc(N2CCC(COc3ccncc3Cl)CC2)nc(C)n1. The lowest BCUT2D eigenvalue weighted by Gasteiger charge is -2.32. The highest BCUT2D eigenvalue weighted by atomic mass is 35.5. The van der Waals surface area contributed by atoms with Crippen molar-refractivity contribution in [3.63, 3.8) is 0 Å². The first kappa shape index (κ1) is 16.0. The van der Waals surface area contributed by atoms with E-state index in [1.165, 1.54) is 0 Å². The van der Waals surface area contributed by atoms with E-state index in [4.69, 9.17) is 16.3 Å². The van der Waals surface area contributed by atoms with Crippen molar-refractivity contribution >= 4 is 17.4 Å². The Morgan fingerprint density at radius 3 is 2.74 bits per heavy atom. The van der Waals surface area contributed by atoms with Gasteiger partial charge in [-0.25, -0.2) is 9.97 Å². The molecule has 2 aromatic heterocycles. The summed E-state index contributed by atoms with van der Waals surface area (Å²) in [5.74, 6) is 3.12. The predicted molar refractivity (Wildman–Crippen MR) is 91.2 cm³/mol. The van der Waals surface area contributed by atoms with Crippen LogP contribution in [0.1, 0.15) is 24.4 Å². The van der Waals surface area contributed by atoms with E-state index in [-0.39, 0.29) is 0 Å². The minimum Gasteiger partial charge on any atom is -0.492 e. The molecule has 5 nitrogen and oxygen atoms in total. The van der Waals surface area contributed by atoms with E-state index >= 15 is 0 Å². The third kappa shape index (κ3) is 4.10. The molecule has 1 aliphatic heterocycles. The molecule has 0 aromatic carbocycles. The standard InChI is InChI=1S/C17H21ClN4O/c1-12-9-17(21-13(2)20-12)22-7-4-14(5-8-22)11-23-16-3-6-19-10-15(16)18/h3,6,9-10,14H,4-5,7-8,11H2,1-2H3. The van der Waals surface area contributed by atoms with Crippen LogP contribution in [0.3, 0.4) is 0 Å². The van der Waals surface area contributed by atoms with Gasteiger partial charge in [0.2, 0.25) is 0 Å². The van der Waals surface area contributed by atoms with E-state index in [0.717, 1.165) is 43.3 Å². The zero-order valence-electron chi connectivity index (χ0n) is 13.5. The van der Waals surface area contributed by atoms with E-state index < -0.39 is 0 Å². The van der Waals surface area contributed by atoms with Gasteiger partial charge in [-0.3, -0.25) is 4.98 Å². The van der Waals surface area contributed by atoms with Gasteiger partial charge in [0.15, 0.2) is 0 Å². The Morgan fingerprint density at radius 1 is 1.26 bits per heavy atom. The van der Waals surface area contributed by atoms with Crippen molar-refractivity contribution in [1.82, 2.24) is 15.0 Å². The Labute approximate surface area is 141 Å². The van der Waals surface area contributed by atoms with Gasteiger partial charge in [-0.15, -0.1) is 0 Å². The second-order valence-corrected chi connectivity index (χ2v) is 6.37. The molecule has 1 fully saturated rings. The van der Waals surface area contributed by atoms with E-state index in [1.807, 2.05) is 19.9 Å². The van der Waals surface area contributed by atoms with Crippen molar-refractivity contribution in [3.05, 3.63) is 41.1 Å². The molecule has 0 unspecified atom stereocenters. The minimum absolute atomic E-state index is 0.541. The number of nitrogens with zero attached hydrogens (tertiary/aromatic N) is 4. The summed E-state index contributed by atoms with van der Waals surface area (Å²) in [4.78, 5) is 15.2. The number of rotatable bonds is 4. The van der Waals surface area contributed by atoms with Crippen LogP contribution in [0.25, 0.3) is 0 Å². The number of hydrogen-bond donors (Lipinski definition) is 0. The van der Waals surface area contributed by atoms with Gasteiger partial charge in [0.1, 0.15) is 22.4 Å². The number of ether oxygens (including phenoxy) is 1. The topological polar surface area (TPSA) is 51.1 Å². The van der Waals surface area contributed by atoms with Crippen molar-refractivity contribution < 1.29 is 4.74 Å². The number of halogens is 1. The van der Waals surface area contributed by atoms with Crippen LogP contribution in [-0.4, -0.2) is 34.6 Å². The average molecular weight is 333 g/mol. The number of hydrogen-bond acceptors (Lipinski definition) is 5. The summed E-state index contributed by atoms with van der Waals surface area (Å²) in [7, 11) is 0. The average Bonchev–Trinajstić information content (AvgIpc) is 2.54. The van der Waals surface area contributed by atoms with Crippen molar-refractivity contribution in [1.29, 1.82) is 0 Å². The molecule has 0 amide bonds. The molecule has 6 heteroatoms. The van der Waals surface area contributed by atoms with Gasteiger partial charge in [0.25, 0.3) is 0 Å². The number of aromatic nitrogens is 3. The summed E-state index contributed by atoms with van der Waals surface area (Å²) >= 11 is 6.06. The molecule has 23 heavy (non-hydrogen) atoms. The van der Waals surface area contributed by atoms with E-state index in [0.29, 0.717) is 23.3 Å². The number of pyridine rings is 1. The molecule has 2 aromatic rings. The Hall–Kier alpha value is -1.88. The molecule has 0 saturated carbocycles. The van der Waals surface area contributed by atoms with Crippen LogP contribution < -0.4 is 9.64 Å². The Balaban J connectivity index is 1.53. The van der Waals surface area contributed by atoms with Gasteiger partial charge in [0.05, 0.1) is 6.61 Å². The van der Waals surface area contributed by atoms with Crippen LogP contribution >= 0.6 is 11.6 Å². The summed E-state index contributed by atoms with van der Waals surface area (Å²) in [6.45, 7) is 6.63. The molecule has 0 atom stereocenters. The summed E-state index contributed by atoms with van der Waals surface area (Å²) in [5.41, 5.74) is 1.02. The molecule has 0 N–H and O–H groups in total. The summed E-state index contributed by atoms with van der Waals surface area (Å²) in [6.07, 6.45) is 5.48. The lowest BCUT2D eigenvalue weighted by atomic mass is 9.98. The van der Waals surface area contributed by atoms with E-state index in [9.17, 15) is 0 Å². The molecule has 1 saturated heterocycles.